The summed E-state index contributed by atoms with van der Waals surface area (Å²) in [5.41, 5.74) is 2.12. The van der Waals surface area contributed by atoms with Crippen molar-refractivity contribution in [3.63, 3.8) is 0 Å². The first kappa shape index (κ1) is 18.5. The molecule has 0 aliphatic carbocycles. The molecule has 0 unspecified atom stereocenters. The molecule has 124 valence electrons. The highest BCUT2D eigenvalue weighted by atomic mass is 32.2. The van der Waals surface area contributed by atoms with Crippen LogP contribution in [0.1, 0.15) is 67.2 Å². The fourth-order valence-electron chi connectivity index (χ4n) is 4.12. The van der Waals surface area contributed by atoms with Crippen molar-refractivity contribution in [1.82, 2.24) is 0 Å². The first-order valence-corrected chi connectivity index (χ1v) is 13.2. The second-order valence-corrected chi connectivity index (χ2v) is 16.9. The van der Waals surface area contributed by atoms with Crippen LogP contribution in [-0.2, 0) is 0 Å². The fraction of sp³-hybridized carbons (Fsp3) is 1.00. The number of rotatable bonds is 4. The first-order chi connectivity index (χ1) is 9.69. The first-order valence-electron chi connectivity index (χ1n) is 8.81. The van der Waals surface area contributed by atoms with Crippen molar-refractivity contribution in [3.8, 4) is 0 Å². The molecular formula is C18H36P2S. The lowest BCUT2D eigenvalue weighted by Crippen LogP contribution is -2.21. The van der Waals surface area contributed by atoms with Gasteiger partial charge in [-0.2, -0.15) is 11.8 Å². The summed E-state index contributed by atoms with van der Waals surface area (Å²) >= 11 is 2.32. The normalized spacial score (nSPS) is 34.6. The third kappa shape index (κ3) is 5.09. The number of hydrogen-bond acceptors (Lipinski definition) is 1. The van der Waals surface area contributed by atoms with Gasteiger partial charge in [0.2, 0.25) is 0 Å². The standard InChI is InChI=1S/C18H36P2S/c1-17(2,3)19-11-7-9-15(19)13-21-14-16-10-8-12-20(16)18(4,5)6/h15-16H,7-14H2,1-6H3/t15-,16+,19-,20+. The molecule has 0 saturated carbocycles. The second kappa shape index (κ2) is 7.40. The van der Waals surface area contributed by atoms with Gasteiger partial charge in [0, 0.05) is 11.5 Å². The maximum atomic E-state index is 2.48. The van der Waals surface area contributed by atoms with Gasteiger partial charge in [0.15, 0.2) is 0 Å². The van der Waals surface area contributed by atoms with Gasteiger partial charge in [-0.15, -0.1) is 0 Å². The van der Waals surface area contributed by atoms with Gasteiger partial charge in [0.1, 0.15) is 0 Å². The number of thioether (sulfide) groups is 1. The zero-order valence-corrected chi connectivity index (χ0v) is 17.7. The summed E-state index contributed by atoms with van der Waals surface area (Å²) in [4.78, 5) is 0. The Bertz CT molecular complexity index is 297. The zero-order chi connectivity index (χ0) is 15.7. The van der Waals surface area contributed by atoms with E-state index >= 15 is 0 Å². The van der Waals surface area contributed by atoms with Gasteiger partial charge >= 0.3 is 0 Å². The minimum absolute atomic E-state index is 0.277. The van der Waals surface area contributed by atoms with Crippen LogP contribution in [0.2, 0.25) is 0 Å². The molecule has 2 saturated heterocycles. The van der Waals surface area contributed by atoms with Gasteiger partial charge in [-0.1, -0.05) is 57.4 Å². The van der Waals surface area contributed by atoms with Gasteiger partial charge in [0.05, 0.1) is 0 Å². The van der Waals surface area contributed by atoms with E-state index in [4.69, 9.17) is 0 Å². The molecule has 0 spiro atoms. The van der Waals surface area contributed by atoms with Crippen molar-refractivity contribution in [2.24, 2.45) is 0 Å². The smallest absolute Gasteiger partial charge is 0.0000722 e. The van der Waals surface area contributed by atoms with Crippen LogP contribution in [-0.4, -0.2) is 45.5 Å². The Kier molecular flexibility index (Phi) is 6.54. The number of hydrogen-bond donors (Lipinski definition) is 0. The molecule has 0 bridgehead atoms. The van der Waals surface area contributed by atoms with Crippen LogP contribution < -0.4 is 0 Å². The molecule has 0 radical (unpaired) electrons. The lowest BCUT2D eigenvalue weighted by atomic mass is 10.3. The molecule has 0 N–H and O–H groups in total. The Morgan fingerprint density at radius 2 is 1.14 bits per heavy atom. The van der Waals surface area contributed by atoms with Crippen LogP contribution in [0.15, 0.2) is 0 Å². The van der Waals surface area contributed by atoms with Crippen LogP contribution >= 0.6 is 27.6 Å². The SMILES string of the molecule is CC(C)(C)[P@]1CCC[C@@H]1CSC[C@@H]1CCC[P@]1C(C)(C)C. The Hall–Kier alpha value is 1.21. The third-order valence-corrected chi connectivity index (χ3v) is 14.6. The molecule has 0 aromatic heterocycles. The predicted molar refractivity (Wildman–Crippen MR) is 106 cm³/mol. The zero-order valence-electron chi connectivity index (χ0n) is 15.1. The maximum absolute atomic E-state index is 2.48. The van der Waals surface area contributed by atoms with Gasteiger partial charge in [0.25, 0.3) is 0 Å². The van der Waals surface area contributed by atoms with Crippen molar-refractivity contribution < 1.29 is 0 Å². The summed E-state index contributed by atoms with van der Waals surface area (Å²) in [6, 6.07) is 0. The average Bonchev–Trinajstić information content (AvgIpc) is 2.94. The summed E-state index contributed by atoms with van der Waals surface area (Å²) in [5, 5.41) is 1.17. The monoisotopic (exact) mass is 346 g/mol. The summed E-state index contributed by atoms with van der Waals surface area (Å²) < 4.78 is 0. The van der Waals surface area contributed by atoms with Gasteiger partial charge in [-0.25, -0.2) is 0 Å². The quantitative estimate of drug-likeness (QED) is 0.516. The Morgan fingerprint density at radius 1 is 0.762 bits per heavy atom. The highest BCUT2D eigenvalue weighted by Crippen LogP contribution is 2.61. The molecule has 2 aliphatic rings. The van der Waals surface area contributed by atoms with E-state index in [0.717, 1.165) is 11.3 Å². The molecule has 3 heteroatoms. The van der Waals surface area contributed by atoms with E-state index in [1.165, 1.54) is 37.2 Å². The van der Waals surface area contributed by atoms with Crippen LogP contribution in [0.4, 0.5) is 0 Å². The molecule has 2 heterocycles. The largest absolute Gasteiger partial charge is 0.161 e. The summed E-state index contributed by atoms with van der Waals surface area (Å²) in [6.45, 7) is 14.9. The van der Waals surface area contributed by atoms with Crippen molar-refractivity contribution in [2.45, 2.75) is 88.9 Å². The molecular weight excluding hydrogens is 310 g/mol. The fourth-order valence-corrected chi connectivity index (χ4v) is 13.5. The molecule has 4 atom stereocenters. The molecule has 0 aromatic rings. The minimum Gasteiger partial charge on any atom is -0.161 e. The van der Waals surface area contributed by atoms with Crippen LogP contribution in [0, 0.1) is 0 Å². The summed E-state index contributed by atoms with van der Waals surface area (Å²) in [6.07, 6.45) is 9.15. The minimum atomic E-state index is 0.277. The van der Waals surface area contributed by atoms with E-state index in [1.54, 1.807) is 12.3 Å². The van der Waals surface area contributed by atoms with E-state index < -0.39 is 0 Å². The third-order valence-electron chi connectivity index (χ3n) is 5.10. The molecule has 0 aromatic carbocycles. The van der Waals surface area contributed by atoms with Crippen LogP contribution in [0.25, 0.3) is 0 Å². The Morgan fingerprint density at radius 3 is 1.48 bits per heavy atom. The maximum Gasteiger partial charge on any atom is 0.0000722 e. The molecule has 2 aliphatic heterocycles. The highest BCUT2D eigenvalue weighted by molar-refractivity contribution is 8.00. The molecule has 0 amide bonds. The predicted octanol–water partition coefficient (Wildman–Crippen LogP) is 6.61. The van der Waals surface area contributed by atoms with Gasteiger partial charge in [-0.05, 0) is 59.6 Å². The summed E-state index contributed by atoms with van der Waals surface area (Å²) in [5.74, 6) is 2.93. The average molecular weight is 347 g/mol. The van der Waals surface area contributed by atoms with E-state index in [-0.39, 0.29) is 15.8 Å². The molecule has 2 fully saturated rings. The van der Waals surface area contributed by atoms with Crippen molar-refractivity contribution in [1.29, 1.82) is 0 Å². The summed E-state index contributed by atoms with van der Waals surface area (Å²) in [7, 11) is 0.555. The topological polar surface area (TPSA) is 0 Å². The van der Waals surface area contributed by atoms with Crippen LogP contribution in [0.3, 0.4) is 0 Å². The molecule has 21 heavy (non-hydrogen) atoms. The molecule has 2 rings (SSSR count). The van der Waals surface area contributed by atoms with Crippen LogP contribution in [0.5, 0.6) is 0 Å². The Labute approximate surface area is 140 Å². The highest BCUT2D eigenvalue weighted by Gasteiger charge is 2.37. The van der Waals surface area contributed by atoms with Crippen molar-refractivity contribution in [3.05, 3.63) is 0 Å². The van der Waals surface area contributed by atoms with Crippen molar-refractivity contribution in [2.75, 3.05) is 23.8 Å². The Balaban J connectivity index is 1.79. The van der Waals surface area contributed by atoms with Crippen molar-refractivity contribution >= 4 is 27.6 Å². The van der Waals surface area contributed by atoms with E-state index in [1.807, 2.05) is 0 Å². The van der Waals surface area contributed by atoms with Gasteiger partial charge in [-0.3, -0.25) is 0 Å². The second-order valence-electron chi connectivity index (χ2n) is 8.86. The lowest BCUT2D eigenvalue weighted by molar-refractivity contribution is 0.768. The van der Waals surface area contributed by atoms with E-state index in [9.17, 15) is 0 Å². The molecule has 0 nitrogen and oxygen atoms in total. The van der Waals surface area contributed by atoms with E-state index in [0.29, 0.717) is 10.3 Å². The lowest BCUT2D eigenvalue weighted by Gasteiger charge is -2.34. The van der Waals surface area contributed by atoms with E-state index in [2.05, 4.69) is 53.3 Å². The van der Waals surface area contributed by atoms with Gasteiger partial charge < -0.3 is 0 Å².